The molecular formula is C16H22F3NS. The molecule has 1 saturated heterocycles. The SMILES string of the molecule is CCNC(Cc1ccc(C(F)(F)F)cc1)C1(C)CCCS1. The van der Waals surface area contributed by atoms with Gasteiger partial charge in [0.15, 0.2) is 0 Å². The quantitative estimate of drug-likeness (QED) is 0.857. The van der Waals surface area contributed by atoms with Crippen LogP contribution in [0.5, 0.6) is 0 Å². The van der Waals surface area contributed by atoms with Crippen molar-refractivity contribution < 1.29 is 13.2 Å². The molecule has 0 bridgehead atoms. The lowest BCUT2D eigenvalue weighted by atomic mass is 9.90. The fourth-order valence-electron chi connectivity index (χ4n) is 2.89. The number of benzene rings is 1. The third-order valence-electron chi connectivity index (χ3n) is 4.16. The Hall–Kier alpha value is -0.680. The van der Waals surface area contributed by atoms with Crippen LogP contribution in [-0.4, -0.2) is 23.1 Å². The largest absolute Gasteiger partial charge is 0.416 e. The summed E-state index contributed by atoms with van der Waals surface area (Å²) in [6, 6.07) is 5.88. The van der Waals surface area contributed by atoms with Crippen LogP contribution < -0.4 is 5.32 Å². The fourth-order valence-corrected chi connectivity index (χ4v) is 4.30. The van der Waals surface area contributed by atoms with E-state index in [0.717, 1.165) is 24.9 Å². The number of thioether (sulfide) groups is 1. The minimum atomic E-state index is -4.26. The van der Waals surface area contributed by atoms with E-state index >= 15 is 0 Å². The summed E-state index contributed by atoms with van der Waals surface area (Å²) >= 11 is 1.98. The van der Waals surface area contributed by atoms with Crippen molar-refractivity contribution in [2.45, 2.75) is 50.1 Å². The zero-order valence-electron chi connectivity index (χ0n) is 12.5. The molecule has 0 spiro atoms. The molecule has 2 rings (SSSR count). The van der Waals surface area contributed by atoms with Gasteiger partial charge in [0.2, 0.25) is 0 Å². The fraction of sp³-hybridized carbons (Fsp3) is 0.625. The van der Waals surface area contributed by atoms with Gasteiger partial charge in [0.05, 0.1) is 5.56 Å². The van der Waals surface area contributed by atoms with E-state index in [0.29, 0.717) is 6.04 Å². The maximum Gasteiger partial charge on any atom is 0.416 e. The lowest BCUT2D eigenvalue weighted by molar-refractivity contribution is -0.137. The summed E-state index contributed by atoms with van der Waals surface area (Å²) in [6.45, 7) is 5.21. The lowest BCUT2D eigenvalue weighted by Crippen LogP contribution is -2.46. The molecule has 0 aromatic heterocycles. The Kier molecular flexibility index (Phi) is 5.25. The van der Waals surface area contributed by atoms with Gasteiger partial charge in [0, 0.05) is 10.8 Å². The molecule has 1 N–H and O–H groups in total. The second-order valence-corrected chi connectivity index (χ2v) is 7.40. The van der Waals surface area contributed by atoms with Crippen molar-refractivity contribution in [2.75, 3.05) is 12.3 Å². The molecule has 1 fully saturated rings. The highest BCUT2D eigenvalue weighted by molar-refractivity contribution is 8.00. The van der Waals surface area contributed by atoms with E-state index in [9.17, 15) is 13.2 Å². The Balaban J connectivity index is 2.10. The van der Waals surface area contributed by atoms with Crippen molar-refractivity contribution in [3.05, 3.63) is 35.4 Å². The van der Waals surface area contributed by atoms with Crippen LogP contribution in [0.15, 0.2) is 24.3 Å². The third-order valence-corrected chi connectivity index (χ3v) is 5.80. The Morgan fingerprint density at radius 2 is 1.95 bits per heavy atom. The Labute approximate surface area is 128 Å². The monoisotopic (exact) mass is 317 g/mol. The van der Waals surface area contributed by atoms with E-state index in [4.69, 9.17) is 0 Å². The van der Waals surface area contributed by atoms with Gasteiger partial charge in [-0.3, -0.25) is 0 Å². The molecule has 5 heteroatoms. The molecular weight excluding hydrogens is 295 g/mol. The highest BCUT2D eigenvalue weighted by atomic mass is 32.2. The molecule has 118 valence electrons. The summed E-state index contributed by atoms with van der Waals surface area (Å²) in [6.07, 6.45) is -1.10. The number of rotatable bonds is 5. The van der Waals surface area contributed by atoms with Crippen molar-refractivity contribution in [3.63, 3.8) is 0 Å². The summed E-state index contributed by atoms with van der Waals surface area (Å²) < 4.78 is 38.0. The first-order valence-corrected chi connectivity index (χ1v) is 8.37. The van der Waals surface area contributed by atoms with E-state index in [1.165, 1.54) is 24.3 Å². The molecule has 2 unspecified atom stereocenters. The van der Waals surface area contributed by atoms with Crippen LogP contribution in [0.2, 0.25) is 0 Å². The van der Waals surface area contributed by atoms with Crippen LogP contribution in [-0.2, 0) is 12.6 Å². The molecule has 1 aliphatic rings. The van der Waals surface area contributed by atoms with Crippen molar-refractivity contribution in [1.82, 2.24) is 5.32 Å². The number of likely N-dealkylation sites (N-methyl/N-ethyl adjacent to an activating group) is 1. The molecule has 0 saturated carbocycles. The van der Waals surface area contributed by atoms with Gasteiger partial charge in [-0.2, -0.15) is 24.9 Å². The average molecular weight is 317 g/mol. The van der Waals surface area contributed by atoms with Gasteiger partial charge in [0.1, 0.15) is 0 Å². The molecule has 2 atom stereocenters. The van der Waals surface area contributed by atoms with Crippen molar-refractivity contribution in [2.24, 2.45) is 0 Å². The zero-order chi connectivity index (χ0) is 15.5. The van der Waals surface area contributed by atoms with Gasteiger partial charge < -0.3 is 5.32 Å². The second kappa shape index (κ2) is 6.61. The maximum atomic E-state index is 12.6. The molecule has 1 nitrogen and oxygen atoms in total. The van der Waals surface area contributed by atoms with Gasteiger partial charge in [-0.05, 0) is 56.2 Å². The number of alkyl halides is 3. The molecule has 0 radical (unpaired) electrons. The summed E-state index contributed by atoms with van der Waals surface area (Å²) in [5.41, 5.74) is 0.385. The van der Waals surface area contributed by atoms with Crippen LogP contribution >= 0.6 is 11.8 Å². The standard InChI is InChI=1S/C16H22F3NS/c1-3-20-14(15(2)9-4-10-21-15)11-12-5-7-13(8-6-12)16(17,18)19/h5-8,14,20H,3-4,9-11H2,1-2H3. The molecule has 1 aliphatic heterocycles. The molecule has 1 aromatic rings. The Bertz CT molecular complexity index is 450. The van der Waals surface area contributed by atoms with Crippen LogP contribution in [0.4, 0.5) is 13.2 Å². The molecule has 0 aliphatic carbocycles. The van der Waals surface area contributed by atoms with Gasteiger partial charge in [0.25, 0.3) is 0 Å². The number of nitrogens with one attached hydrogen (secondary N) is 1. The van der Waals surface area contributed by atoms with Gasteiger partial charge in [-0.25, -0.2) is 0 Å². The second-order valence-electron chi connectivity index (χ2n) is 5.77. The van der Waals surface area contributed by atoms with E-state index in [1.807, 2.05) is 11.8 Å². The van der Waals surface area contributed by atoms with Crippen LogP contribution in [0.25, 0.3) is 0 Å². The van der Waals surface area contributed by atoms with Gasteiger partial charge in [-0.1, -0.05) is 19.1 Å². The summed E-state index contributed by atoms with van der Waals surface area (Å²) in [5, 5.41) is 3.52. The van der Waals surface area contributed by atoms with Crippen molar-refractivity contribution >= 4 is 11.8 Å². The summed E-state index contributed by atoms with van der Waals surface area (Å²) in [4.78, 5) is 0. The highest BCUT2D eigenvalue weighted by Crippen LogP contribution is 2.41. The Morgan fingerprint density at radius 1 is 1.29 bits per heavy atom. The first-order valence-electron chi connectivity index (χ1n) is 7.38. The molecule has 0 amide bonds. The van der Waals surface area contributed by atoms with E-state index in [2.05, 4.69) is 19.2 Å². The Morgan fingerprint density at radius 3 is 2.43 bits per heavy atom. The average Bonchev–Trinajstić information content (AvgIpc) is 2.86. The number of halogens is 3. The van der Waals surface area contributed by atoms with Gasteiger partial charge >= 0.3 is 6.18 Å². The van der Waals surface area contributed by atoms with E-state index < -0.39 is 11.7 Å². The summed E-state index contributed by atoms with van der Waals surface area (Å²) in [7, 11) is 0. The van der Waals surface area contributed by atoms with Crippen LogP contribution in [0, 0.1) is 0 Å². The first kappa shape index (κ1) is 16.7. The predicted octanol–water partition coefficient (Wildman–Crippen LogP) is 4.51. The van der Waals surface area contributed by atoms with Crippen LogP contribution in [0.1, 0.15) is 37.8 Å². The number of hydrogen-bond donors (Lipinski definition) is 1. The summed E-state index contributed by atoms with van der Waals surface area (Å²) in [5.74, 6) is 1.17. The molecule has 1 heterocycles. The molecule has 1 aromatic carbocycles. The van der Waals surface area contributed by atoms with Gasteiger partial charge in [-0.15, -0.1) is 0 Å². The van der Waals surface area contributed by atoms with Crippen molar-refractivity contribution in [1.29, 1.82) is 0 Å². The third kappa shape index (κ3) is 4.16. The lowest BCUT2D eigenvalue weighted by Gasteiger charge is -2.34. The van der Waals surface area contributed by atoms with E-state index in [-0.39, 0.29) is 4.75 Å². The number of hydrogen-bond acceptors (Lipinski definition) is 2. The topological polar surface area (TPSA) is 12.0 Å². The van der Waals surface area contributed by atoms with Crippen molar-refractivity contribution in [3.8, 4) is 0 Å². The molecule has 21 heavy (non-hydrogen) atoms. The van der Waals surface area contributed by atoms with Crippen LogP contribution in [0.3, 0.4) is 0 Å². The highest BCUT2D eigenvalue weighted by Gasteiger charge is 2.37. The maximum absolute atomic E-state index is 12.6. The normalized spacial score (nSPS) is 24.2. The minimum Gasteiger partial charge on any atom is -0.313 e. The zero-order valence-corrected chi connectivity index (χ0v) is 13.3. The first-order chi connectivity index (χ1) is 9.85. The minimum absolute atomic E-state index is 0.179. The predicted molar refractivity (Wildman–Crippen MR) is 82.7 cm³/mol. The van der Waals surface area contributed by atoms with E-state index in [1.54, 1.807) is 12.1 Å². The smallest absolute Gasteiger partial charge is 0.313 e.